The molecular formula is C8H12N4O2. The monoisotopic (exact) mass is 196 g/mol. The first-order valence-electron chi connectivity index (χ1n) is 3.98. The first-order valence-corrected chi connectivity index (χ1v) is 3.98. The molecule has 1 heterocycles. The molecule has 3 N–H and O–H groups in total. The Kier molecular flexibility index (Phi) is 2.85. The number of amidine groups is 1. The number of hydrogen-bond acceptors (Lipinski definition) is 4. The Morgan fingerprint density at radius 3 is 2.93 bits per heavy atom. The first kappa shape index (κ1) is 10.2. The summed E-state index contributed by atoms with van der Waals surface area (Å²) in [7, 11) is 2.98. The minimum atomic E-state index is -0.512. The summed E-state index contributed by atoms with van der Waals surface area (Å²) in [5.74, 6) is -0.523. The van der Waals surface area contributed by atoms with E-state index in [1.807, 2.05) is 0 Å². The van der Waals surface area contributed by atoms with Gasteiger partial charge in [-0.1, -0.05) is 0 Å². The van der Waals surface area contributed by atoms with E-state index in [4.69, 9.17) is 11.1 Å². The van der Waals surface area contributed by atoms with Crippen molar-refractivity contribution in [3.8, 4) is 0 Å². The van der Waals surface area contributed by atoms with Crippen LogP contribution in [-0.2, 0) is 18.2 Å². The van der Waals surface area contributed by atoms with Gasteiger partial charge in [0.1, 0.15) is 0 Å². The van der Waals surface area contributed by atoms with Crippen LogP contribution in [0.4, 0.5) is 0 Å². The van der Waals surface area contributed by atoms with Gasteiger partial charge in [-0.05, 0) is 0 Å². The number of esters is 1. The molecule has 0 aliphatic carbocycles. The average molecular weight is 196 g/mol. The Labute approximate surface area is 81.2 Å². The van der Waals surface area contributed by atoms with Gasteiger partial charge in [0.2, 0.25) is 0 Å². The maximum absolute atomic E-state index is 11.2. The van der Waals surface area contributed by atoms with E-state index in [9.17, 15) is 4.79 Å². The Morgan fingerprint density at radius 1 is 1.79 bits per heavy atom. The van der Waals surface area contributed by atoms with Crippen molar-refractivity contribution in [2.45, 2.75) is 6.42 Å². The third kappa shape index (κ3) is 2.09. The summed E-state index contributed by atoms with van der Waals surface area (Å²) in [6, 6.07) is 0. The highest BCUT2D eigenvalue weighted by atomic mass is 16.5. The Balaban J connectivity index is 3.02. The number of rotatable bonds is 3. The number of carbonyl (C=O) groups is 1. The smallest absolute Gasteiger partial charge is 0.358 e. The van der Waals surface area contributed by atoms with Gasteiger partial charge in [-0.15, -0.1) is 0 Å². The van der Waals surface area contributed by atoms with Crippen molar-refractivity contribution in [2.75, 3.05) is 7.11 Å². The van der Waals surface area contributed by atoms with E-state index in [1.54, 1.807) is 13.2 Å². The number of ether oxygens (including phenoxy) is 1. The van der Waals surface area contributed by atoms with E-state index < -0.39 is 5.97 Å². The summed E-state index contributed by atoms with van der Waals surface area (Å²) < 4.78 is 6.04. The molecule has 1 aromatic rings. The van der Waals surface area contributed by atoms with E-state index in [0.717, 1.165) is 0 Å². The summed E-state index contributed by atoms with van der Waals surface area (Å²) in [6.45, 7) is 0. The van der Waals surface area contributed by atoms with E-state index >= 15 is 0 Å². The number of methoxy groups -OCH3 is 1. The molecule has 1 rings (SSSR count). The molecule has 0 spiro atoms. The molecule has 6 nitrogen and oxygen atoms in total. The van der Waals surface area contributed by atoms with Crippen LogP contribution in [0.25, 0.3) is 0 Å². The van der Waals surface area contributed by atoms with Crippen LogP contribution in [-0.4, -0.2) is 28.7 Å². The molecule has 0 fully saturated rings. The van der Waals surface area contributed by atoms with Gasteiger partial charge in [-0.25, -0.2) is 4.79 Å². The molecule has 0 saturated heterocycles. The molecule has 76 valence electrons. The van der Waals surface area contributed by atoms with Crippen LogP contribution in [0.5, 0.6) is 0 Å². The third-order valence-corrected chi connectivity index (χ3v) is 1.66. The van der Waals surface area contributed by atoms with Crippen LogP contribution in [0, 0.1) is 5.41 Å². The highest BCUT2D eigenvalue weighted by Gasteiger charge is 2.16. The fourth-order valence-corrected chi connectivity index (χ4v) is 1.14. The molecular weight excluding hydrogens is 184 g/mol. The Morgan fingerprint density at radius 2 is 2.43 bits per heavy atom. The zero-order chi connectivity index (χ0) is 10.7. The topological polar surface area (TPSA) is 94.0 Å². The first-order chi connectivity index (χ1) is 6.54. The van der Waals surface area contributed by atoms with Gasteiger partial charge in [-0.3, -0.25) is 10.1 Å². The van der Waals surface area contributed by atoms with Crippen molar-refractivity contribution < 1.29 is 9.53 Å². The van der Waals surface area contributed by atoms with Crippen molar-refractivity contribution in [1.82, 2.24) is 9.78 Å². The lowest BCUT2D eigenvalue weighted by Gasteiger charge is -1.98. The molecule has 0 amide bonds. The number of nitrogens with zero attached hydrogens (tertiary/aromatic N) is 2. The van der Waals surface area contributed by atoms with Crippen molar-refractivity contribution in [3.05, 3.63) is 17.5 Å². The Hall–Kier alpha value is -1.85. The lowest BCUT2D eigenvalue weighted by atomic mass is 10.2. The van der Waals surface area contributed by atoms with Crippen molar-refractivity contribution in [1.29, 1.82) is 5.41 Å². The van der Waals surface area contributed by atoms with Crippen molar-refractivity contribution in [3.63, 3.8) is 0 Å². The van der Waals surface area contributed by atoms with Crippen LogP contribution in [0.1, 0.15) is 16.1 Å². The molecule has 0 aliphatic rings. The largest absolute Gasteiger partial charge is 0.464 e. The van der Waals surface area contributed by atoms with Crippen LogP contribution in [0.3, 0.4) is 0 Å². The van der Waals surface area contributed by atoms with Gasteiger partial charge in [-0.2, -0.15) is 5.10 Å². The minimum Gasteiger partial charge on any atom is -0.464 e. The second-order valence-corrected chi connectivity index (χ2v) is 2.87. The SMILES string of the molecule is COC(=O)c1nn(C)cc1CC(=N)N. The lowest BCUT2D eigenvalue weighted by Crippen LogP contribution is -2.15. The molecule has 6 heteroatoms. The van der Waals surface area contributed by atoms with Gasteiger partial charge < -0.3 is 10.5 Å². The number of nitrogens with one attached hydrogen (secondary N) is 1. The molecule has 0 bridgehead atoms. The highest BCUT2D eigenvalue weighted by Crippen LogP contribution is 2.08. The summed E-state index contributed by atoms with van der Waals surface area (Å²) in [4.78, 5) is 11.2. The second-order valence-electron chi connectivity index (χ2n) is 2.87. The van der Waals surface area contributed by atoms with Gasteiger partial charge in [0.25, 0.3) is 0 Å². The summed E-state index contributed by atoms with van der Waals surface area (Å²) in [5, 5.41) is 11.0. The summed E-state index contributed by atoms with van der Waals surface area (Å²) in [6.07, 6.45) is 1.85. The lowest BCUT2D eigenvalue weighted by molar-refractivity contribution is 0.0592. The van der Waals surface area contributed by atoms with Crippen LogP contribution >= 0.6 is 0 Å². The fourth-order valence-electron chi connectivity index (χ4n) is 1.14. The molecule has 1 aromatic heterocycles. The quantitative estimate of drug-likeness (QED) is 0.393. The van der Waals surface area contributed by atoms with Gasteiger partial charge in [0.15, 0.2) is 5.69 Å². The zero-order valence-corrected chi connectivity index (χ0v) is 8.07. The number of carbonyl (C=O) groups excluding carboxylic acids is 1. The van der Waals surface area contributed by atoms with E-state index in [0.29, 0.717) is 5.56 Å². The van der Waals surface area contributed by atoms with Gasteiger partial charge >= 0.3 is 5.97 Å². The van der Waals surface area contributed by atoms with Crippen LogP contribution in [0.2, 0.25) is 0 Å². The van der Waals surface area contributed by atoms with Crippen molar-refractivity contribution in [2.24, 2.45) is 12.8 Å². The summed E-state index contributed by atoms with van der Waals surface area (Å²) >= 11 is 0. The van der Waals surface area contributed by atoms with Gasteiger partial charge in [0.05, 0.1) is 12.9 Å². The van der Waals surface area contributed by atoms with Crippen LogP contribution in [0.15, 0.2) is 6.20 Å². The molecule has 0 unspecified atom stereocenters. The summed E-state index contributed by atoms with van der Waals surface area (Å²) in [5.41, 5.74) is 6.06. The molecule has 0 aliphatic heterocycles. The van der Waals surface area contributed by atoms with Crippen LogP contribution < -0.4 is 5.73 Å². The number of nitrogens with two attached hydrogens (primary N) is 1. The molecule has 0 saturated carbocycles. The zero-order valence-electron chi connectivity index (χ0n) is 8.07. The number of aryl methyl sites for hydroxylation is 1. The van der Waals surface area contributed by atoms with E-state index in [1.165, 1.54) is 11.8 Å². The fraction of sp³-hybridized carbons (Fsp3) is 0.375. The van der Waals surface area contributed by atoms with Gasteiger partial charge in [0, 0.05) is 25.2 Å². The Bertz CT molecular complexity index is 369. The molecule has 0 atom stereocenters. The maximum Gasteiger partial charge on any atom is 0.358 e. The molecule has 0 aromatic carbocycles. The molecule has 14 heavy (non-hydrogen) atoms. The third-order valence-electron chi connectivity index (χ3n) is 1.66. The highest BCUT2D eigenvalue weighted by molar-refractivity contribution is 5.91. The van der Waals surface area contributed by atoms with E-state index in [-0.39, 0.29) is 18.0 Å². The van der Waals surface area contributed by atoms with Crippen molar-refractivity contribution >= 4 is 11.8 Å². The normalized spacial score (nSPS) is 9.86. The predicted molar refractivity (Wildman–Crippen MR) is 50.2 cm³/mol. The average Bonchev–Trinajstić information content (AvgIpc) is 2.44. The predicted octanol–water partition coefficient (Wildman–Crippen LogP) is -0.315. The number of aromatic nitrogens is 2. The molecule has 0 radical (unpaired) electrons. The van der Waals surface area contributed by atoms with E-state index in [2.05, 4.69) is 9.84 Å². The minimum absolute atomic E-state index is 0.0110. The standard InChI is InChI=1S/C8H12N4O2/c1-12-4-5(3-6(9)10)7(11-12)8(13)14-2/h4H,3H2,1-2H3,(H3,9,10). The maximum atomic E-state index is 11.2. The second kappa shape index (κ2) is 3.91. The number of hydrogen-bond donors (Lipinski definition) is 2.